The van der Waals surface area contributed by atoms with Crippen molar-refractivity contribution in [3.05, 3.63) is 0 Å². The Hall–Kier alpha value is -1.81. The summed E-state index contributed by atoms with van der Waals surface area (Å²) < 4.78 is 5.13. The third-order valence-electron chi connectivity index (χ3n) is 2.80. The maximum Gasteiger partial charge on any atom is 0.326 e. The summed E-state index contributed by atoms with van der Waals surface area (Å²) in [4.78, 5) is 24.4. The van der Waals surface area contributed by atoms with E-state index in [9.17, 15) is 9.59 Å². The Labute approximate surface area is 112 Å². The lowest BCUT2D eigenvalue weighted by atomic mass is 10.0. The van der Waals surface area contributed by atoms with Crippen molar-refractivity contribution < 1.29 is 19.4 Å². The molecule has 0 aromatic heterocycles. The number of aliphatic carboxylic acids is 1. The molecule has 2 amide bonds. The van der Waals surface area contributed by atoms with E-state index in [0.29, 0.717) is 13.0 Å². The molecule has 0 aromatic rings. The molecular weight excluding hydrogens is 250 g/mol. The number of rotatable bonds is 4. The highest BCUT2D eigenvalue weighted by molar-refractivity contribution is 5.82. The molecular formula is C12H19N3O4. The summed E-state index contributed by atoms with van der Waals surface area (Å²) in [7, 11) is 0. The first kappa shape index (κ1) is 15.2. The molecule has 0 aromatic carbocycles. The van der Waals surface area contributed by atoms with Crippen molar-refractivity contribution in [3.8, 4) is 6.07 Å². The Kier molecular flexibility index (Phi) is 5.57. The standard InChI is InChI=1S/C12H19N3O4/c1-8(2)5-10(11(16)17)14-12(18)15-3-4-19-9(6-13)7-15/h8-10H,3-5,7H2,1-2H3,(H,14,18)(H,16,17)/t9?,10-/m0/s1. The number of nitrogens with zero attached hydrogens (tertiary/aromatic N) is 2. The van der Waals surface area contributed by atoms with Crippen LogP contribution >= 0.6 is 0 Å². The highest BCUT2D eigenvalue weighted by atomic mass is 16.5. The number of nitriles is 1. The lowest BCUT2D eigenvalue weighted by Gasteiger charge is -2.31. The highest BCUT2D eigenvalue weighted by Gasteiger charge is 2.27. The summed E-state index contributed by atoms with van der Waals surface area (Å²) in [5.41, 5.74) is 0. The maximum atomic E-state index is 11.9. The second kappa shape index (κ2) is 6.95. The van der Waals surface area contributed by atoms with Crippen LogP contribution in [0.4, 0.5) is 4.79 Å². The summed E-state index contributed by atoms with van der Waals surface area (Å²) in [6, 6.07) is 0.569. The molecule has 19 heavy (non-hydrogen) atoms. The van der Waals surface area contributed by atoms with E-state index < -0.39 is 24.1 Å². The molecule has 1 rings (SSSR count). The fourth-order valence-electron chi connectivity index (χ4n) is 1.85. The van der Waals surface area contributed by atoms with E-state index in [4.69, 9.17) is 15.1 Å². The average molecular weight is 269 g/mol. The van der Waals surface area contributed by atoms with Crippen molar-refractivity contribution >= 4 is 12.0 Å². The van der Waals surface area contributed by atoms with Crippen LogP contribution in [0.3, 0.4) is 0 Å². The first-order valence-electron chi connectivity index (χ1n) is 6.23. The molecule has 0 saturated carbocycles. The molecule has 7 nitrogen and oxygen atoms in total. The summed E-state index contributed by atoms with van der Waals surface area (Å²) in [6.07, 6.45) is -0.277. The average Bonchev–Trinajstić information content (AvgIpc) is 2.37. The van der Waals surface area contributed by atoms with Gasteiger partial charge in [0.2, 0.25) is 0 Å². The highest BCUT2D eigenvalue weighted by Crippen LogP contribution is 2.08. The number of urea groups is 1. The Balaban J connectivity index is 2.56. The van der Waals surface area contributed by atoms with Gasteiger partial charge in [-0.3, -0.25) is 0 Å². The van der Waals surface area contributed by atoms with E-state index >= 15 is 0 Å². The van der Waals surface area contributed by atoms with Gasteiger partial charge in [0, 0.05) is 6.54 Å². The van der Waals surface area contributed by atoms with Gasteiger partial charge in [-0.15, -0.1) is 0 Å². The fourth-order valence-corrected chi connectivity index (χ4v) is 1.85. The van der Waals surface area contributed by atoms with Gasteiger partial charge < -0.3 is 20.1 Å². The monoisotopic (exact) mass is 269 g/mol. The number of carboxylic acid groups (broad SMARTS) is 1. The molecule has 1 aliphatic rings. The number of morpholine rings is 1. The number of carbonyl (C=O) groups is 2. The molecule has 1 heterocycles. The van der Waals surface area contributed by atoms with Crippen molar-refractivity contribution in [3.63, 3.8) is 0 Å². The number of nitrogens with one attached hydrogen (secondary N) is 1. The van der Waals surface area contributed by atoms with Gasteiger partial charge >= 0.3 is 12.0 Å². The van der Waals surface area contributed by atoms with Crippen molar-refractivity contribution in [2.24, 2.45) is 5.92 Å². The normalized spacial score (nSPS) is 20.7. The topological polar surface area (TPSA) is 103 Å². The minimum absolute atomic E-state index is 0.163. The summed E-state index contributed by atoms with van der Waals surface area (Å²) in [6.45, 7) is 4.59. The Morgan fingerprint density at radius 3 is 2.79 bits per heavy atom. The molecule has 1 fully saturated rings. The van der Waals surface area contributed by atoms with Gasteiger partial charge in [0.15, 0.2) is 6.10 Å². The number of carboxylic acids is 1. The van der Waals surface area contributed by atoms with Gasteiger partial charge in [0.05, 0.1) is 19.2 Å². The fraction of sp³-hybridized carbons (Fsp3) is 0.750. The largest absolute Gasteiger partial charge is 0.480 e. The first-order chi connectivity index (χ1) is 8.93. The third kappa shape index (κ3) is 4.75. The van der Waals surface area contributed by atoms with Crippen LogP contribution < -0.4 is 5.32 Å². The smallest absolute Gasteiger partial charge is 0.326 e. The minimum atomic E-state index is -1.05. The minimum Gasteiger partial charge on any atom is -0.480 e. The molecule has 106 valence electrons. The Bertz CT molecular complexity index is 378. The summed E-state index contributed by atoms with van der Waals surface area (Å²) in [5.74, 6) is -0.884. The predicted molar refractivity (Wildman–Crippen MR) is 66.3 cm³/mol. The van der Waals surface area contributed by atoms with Crippen molar-refractivity contribution in [2.75, 3.05) is 19.7 Å². The number of hydrogen-bond donors (Lipinski definition) is 2. The summed E-state index contributed by atoms with van der Waals surface area (Å²) in [5, 5.41) is 20.3. The van der Waals surface area contributed by atoms with Crippen LogP contribution in [0, 0.1) is 17.2 Å². The predicted octanol–water partition coefficient (Wildman–Crippen LogP) is 0.420. The molecule has 0 aliphatic carbocycles. The van der Waals surface area contributed by atoms with Gasteiger partial charge in [-0.25, -0.2) is 9.59 Å². The van der Waals surface area contributed by atoms with E-state index in [1.54, 1.807) is 0 Å². The van der Waals surface area contributed by atoms with Crippen LogP contribution in [0.1, 0.15) is 20.3 Å². The molecule has 1 unspecified atom stereocenters. The Morgan fingerprint density at radius 1 is 1.58 bits per heavy atom. The van der Waals surface area contributed by atoms with Crippen LogP contribution in [0.5, 0.6) is 0 Å². The van der Waals surface area contributed by atoms with Gasteiger partial charge in [0.25, 0.3) is 0 Å². The van der Waals surface area contributed by atoms with Crippen LogP contribution in [-0.2, 0) is 9.53 Å². The van der Waals surface area contributed by atoms with Crippen molar-refractivity contribution in [1.82, 2.24) is 10.2 Å². The molecule has 1 saturated heterocycles. The zero-order valence-corrected chi connectivity index (χ0v) is 11.1. The molecule has 2 atom stereocenters. The first-order valence-corrected chi connectivity index (χ1v) is 6.23. The van der Waals surface area contributed by atoms with Gasteiger partial charge in [-0.2, -0.15) is 5.26 Å². The zero-order valence-electron chi connectivity index (χ0n) is 11.1. The van der Waals surface area contributed by atoms with E-state index in [1.807, 2.05) is 19.9 Å². The van der Waals surface area contributed by atoms with Crippen LogP contribution in [0.25, 0.3) is 0 Å². The second-order valence-corrected chi connectivity index (χ2v) is 4.90. The number of ether oxygens (including phenoxy) is 1. The van der Waals surface area contributed by atoms with Crippen molar-refractivity contribution in [2.45, 2.75) is 32.4 Å². The Morgan fingerprint density at radius 2 is 2.26 bits per heavy atom. The molecule has 1 aliphatic heterocycles. The van der Waals surface area contributed by atoms with E-state index in [2.05, 4.69) is 5.32 Å². The third-order valence-corrected chi connectivity index (χ3v) is 2.80. The molecule has 0 spiro atoms. The lowest BCUT2D eigenvalue weighted by molar-refractivity contribution is -0.139. The van der Waals surface area contributed by atoms with E-state index in [0.717, 1.165) is 0 Å². The molecule has 0 bridgehead atoms. The second-order valence-electron chi connectivity index (χ2n) is 4.90. The van der Waals surface area contributed by atoms with Crippen molar-refractivity contribution in [1.29, 1.82) is 5.26 Å². The molecule has 2 N–H and O–H groups in total. The SMILES string of the molecule is CC(C)C[C@H](NC(=O)N1CCOC(C#N)C1)C(=O)O. The quantitative estimate of drug-likeness (QED) is 0.770. The summed E-state index contributed by atoms with van der Waals surface area (Å²) >= 11 is 0. The van der Waals surface area contributed by atoms with Gasteiger partial charge in [-0.1, -0.05) is 13.8 Å². The number of hydrogen-bond acceptors (Lipinski definition) is 4. The van der Waals surface area contributed by atoms with Crippen LogP contribution in [-0.4, -0.2) is 53.8 Å². The van der Waals surface area contributed by atoms with E-state index in [-0.39, 0.29) is 19.1 Å². The van der Waals surface area contributed by atoms with E-state index in [1.165, 1.54) is 4.90 Å². The molecule has 7 heteroatoms. The lowest BCUT2D eigenvalue weighted by Crippen LogP contribution is -2.53. The van der Waals surface area contributed by atoms with Gasteiger partial charge in [-0.05, 0) is 12.3 Å². The van der Waals surface area contributed by atoms with Crippen LogP contribution in [0.2, 0.25) is 0 Å². The number of amides is 2. The maximum absolute atomic E-state index is 11.9. The number of carbonyl (C=O) groups excluding carboxylic acids is 1. The zero-order chi connectivity index (χ0) is 14.4. The molecule has 0 radical (unpaired) electrons. The van der Waals surface area contributed by atoms with Gasteiger partial charge in [0.1, 0.15) is 6.04 Å². The van der Waals surface area contributed by atoms with Crippen LogP contribution in [0.15, 0.2) is 0 Å².